The molecule has 0 spiro atoms. The molecular formula is C34H68O. The molecule has 1 N–H and O–H groups in total. The van der Waals surface area contributed by atoms with Gasteiger partial charge in [-0.05, 0) is 25.2 Å². The summed E-state index contributed by atoms with van der Waals surface area (Å²) in [6, 6.07) is 0. The average Bonchev–Trinajstić information content (AvgIpc) is 2.87. The third-order valence-electron chi connectivity index (χ3n) is 7.88. The highest BCUT2D eigenvalue weighted by Crippen LogP contribution is 2.25. The van der Waals surface area contributed by atoms with E-state index >= 15 is 0 Å². The number of allylic oxidation sites excluding steroid dienone is 1. The molecule has 0 atom stereocenters. The molecule has 0 unspecified atom stereocenters. The minimum absolute atomic E-state index is 0.287. The second-order valence-corrected chi connectivity index (χ2v) is 11.4. The predicted molar refractivity (Wildman–Crippen MR) is 160 cm³/mol. The fourth-order valence-corrected chi connectivity index (χ4v) is 5.46. The van der Waals surface area contributed by atoms with E-state index in [1.54, 1.807) is 0 Å². The van der Waals surface area contributed by atoms with Gasteiger partial charge in [-0.2, -0.15) is 0 Å². The highest BCUT2D eigenvalue weighted by molar-refractivity contribution is 4.80. The normalized spacial score (nSPS) is 11.9. The van der Waals surface area contributed by atoms with Gasteiger partial charge in [0.05, 0.1) is 0 Å². The lowest BCUT2D eigenvalue weighted by Crippen LogP contribution is -2.01. The van der Waals surface area contributed by atoms with Crippen molar-refractivity contribution >= 4 is 0 Å². The van der Waals surface area contributed by atoms with Crippen LogP contribution in [-0.2, 0) is 0 Å². The van der Waals surface area contributed by atoms with Gasteiger partial charge in [0.25, 0.3) is 0 Å². The average molecular weight is 493 g/mol. The molecule has 35 heavy (non-hydrogen) atoms. The maximum absolute atomic E-state index is 8.77. The molecule has 0 saturated heterocycles. The third kappa shape index (κ3) is 29.8. The lowest BCUT2D eigenvalue weighted by molar-refractivity contribution is 0.302. The van der Waals surface area contributed by atoms with E-state index in [1.807, 2.05) is 0 Å². The Bertz CT molecular complexity index is 370. The largest absolute Gasteiger partial charge is 0.396 e. The molecular weight excluding hydrogens is 424 g/mol. The van der Waals surface area contributed by atoms with Gasteiger partial charge in [-0.15, -0.1) is 0 Å². The van der Waals surface area contributed by atoms with Gasteiger partial charge in [0, 0.05) is 6.61 Å². The van der Waals surface area contributed by atoms with Gasteiger partial charge < -0.3 is 5.11 Å². The van der Waals surface area contributed by atoms with Crippen LogP contribution in [0.25, 0.3) is 0 Å². The number of hydrogen-bond donors (Lipinski definition) is 1. The zero-order chi connectivity index (χ0) is 25.5. The Kier molecular flexibility index (Phi) is 31.5. The molecule has 0 amide bonds. The van der Waals surface area contributed by atoms with E-state index in [0.29, 0.717) is 0 Å². The maximum Gasteiger partial charge on any atom is 0.0465 e. The second kappa shape index (κ2) is 31.7. The Hall–Kier alpha value is -0.300. The smallest absolute Gasteiger partial charge is 0.0465 e. The minimum atomic E-state index is 0.287. The van der Waals surface area contributed by atoms with Crippen molar-refractivity contribution in [2.45, 2.75) is 194 Å². The van der Waals surface area contributed by atoms with Crippen molar-refractivity contribution in [2.75, 3.05) is 6.61 Å². The molecule has 0 aromatic rings. The van der Waals surface area contributed by atoms with E-state index < -0.39 is 0 Å². The zero-order valence-electron chi connectivity index (χ0n) is 24.7. The van der Waals surface area contributed by atoms with Gasteiger partial charge in [0.2, 0.25) is 0 Å². The van der Waals surface area contributed by atoms with Gasteiger partial charge in [-0.25, -0.2) is 0 Å². The van der Waals surface area contributed by atoms with Crippen LogP contribution in [0.5, 0.6) is 0 Å². The molecule has 0 aliphatic carbocycles. The fraction of sp³-hybridized carbons (Fsp3) is 0.941. The van der Waals surface area contributed by atoms with Crippen molar-refractivity contribution in [1.29, 1.82) is 0 Å². The van der Waals surface area contributed by atoms with Crippen LogP contribution in [-0.4, -0.2) is 11.7 Å². The standard InChI is InChI=1S/C34H68O/c1-3-5-7-9-18-22-26-30-34(31-27-23-19-10-8-6-4-2)32-28-24-20-16-14-12-11-13-15-17-21-25-29-33-35/h21,25,34-35H,3-20,22-24,26-33H2,1-2H3/b25-21-. The van der Waals surface area contributed by atoms with Crippen LogP contribution in [0.2, 0.25) is 0 Å². The van der Waals surface area contributed by atoms with Gasteiger partial charge in [-0.3, -0.25) is 0 Å². The summed E-state index contributed by atoms with van der Waals surface area (Å²) in [6.45, 7) is 4.92. The van der Waals surface area contributed by atoms with Crippen LogP contribution in [0.15, 0.2) is 12.2 Å². The summed E-state index contributed by atoms with van der Waals surface area (Å²) in [7, 11) is 0. The molecule has 0 aromatic heterocycles. The van der Waals surface area contributed by atoms with E-state index in [0.717, 1.165) is 12.3 Å². The lowest BCUT2D eigenvalue weighted by Gasteiger charge is -2.17. The first kappa shape index (κ1) is 34.7. The summed E-state index contributed by atoms with van der Waals surface area (Å²) < 4.78 is 0. The quantitative estimate of drug-likeness (QED) is 0.0780. The van der Waals surface area contributed by atoms with Crippen molar-refractivity contribution in [3.05, 3.63) is 12.2 Å². The Morgan fingerprint density at radius 2 is 0.714 bits per heavy atom. The summed E-state index contributed by atoms with van der Waals surface area (Å²) in [5, 5.41) is 8.77. The topological polar surface area (TPSA) is 20.2 Å². The fourth-order valence-electron chi connectivity index (χ4n) is 5.46. The number of rotatable bonds is 30. The second-order valence-electron chi connectivity index (χ2n) is 11.4. The molecule has 0 fully saturated rings. The summed E-state index contributed by atoms with van der Waals surface area (Å²) >= 11 is 0. The first-order chi connectivity index (χ1) is 17.3. The SMILES string of the molecule is CCCCCCCCCC(CCCCCCCCC)CCCCCCCCCCC/C=C\CCO. The van der Waals surface area contributed by atoms with E-state index in [-0.39, 0.29) is 6.61 Å². The van der Waals surface area contributed by atoms with Crippen LogP contribution < -0.4 is 0 Å². The zero-order valence-corrected chi connectivity index (χ0v) is 24.7. The first-order valence-electron chi connectivity index (χ1n) is 16.6. The Morgan fingerprint density at radius 3 is 1.09 bits per heavy atom. The number of aliphatic hydroxyl groups excluding tert-OH is 1. The van der Waals surface area contributed by atoms with Crippen molar-refractivity contribution in [3.63, 3.8) is 0 Å². The molecule has 210 valence electrons. The van der Waals surface area contributed by atoms with Crippen LogP contribution in [0.4, 0.5) is 0 Å². The molecule has 0 aromatic carbocycles. The number of unbranched alkanes of at least 4 members (excludes halogenated alkanes) is 21. The van der Waals surface area contributed by atoms with Crippen LogP contribution in [0.1, 0.15) is 194 Å². The Balaban J connectivity index is 3.76. The number of aliphatic hydroxyl groups is 1. The first-order valence-corrected chi connectivity index (χ1v) is 16.6. The van der Waals surface area contributed by atoms with Crippen molar-refractivity contribution in [1.82, 2.24) is 0 Å². The minimum Gasteiger partial charge on any atom is -0.396 e. The monoisotopic (exact) mass is 493 g/mol. The van der Waals surface area contributed by atoms with Crippen LogP contribution >= 0.6 is 0 Å². The summed E-state index contributed by atoms with van der Waals surface area (Å²) in [4.78, 5) is 0. The van der Waals surface area contributed by atoms with E-state index in [4.69, 9.17) is 5.11 Å². The lowest BCUT2D eigenvalue weighted by atomic mass is 9.89. The van der Waals surface area contributed by atoms with Crippen molar-refractivity contribution in [3.8, 4) is 0 Å². The molecule has 0 bridgehead atoms. The molecule has 0 saturated carbocycles. The van der Waals surface area contributed by atoms with Crippen LogP contribution in [0, 0.1) is 5.92 Å². The molecule has 0 heterocycles. The van der Waals surface area contributed by atoms with E-state index in [9.17, 15) is 0 Å². The van der Waals surface area contributed by atoms with Crippen LogP contribution in [0.3, 0.4) is 0 Å². The third-order valence-corrected chi connectivity index (χ3v) is 7.88. The predicted octanol–water partition coefficient (Wildman–Crippen LogP) is 12.1. The Labute approximate surface area is 223 Å². The summed E-state index contributed by atoms with van der Waals surface area (Å²) in [6.07, 6.45) is 44.1. The molecule has 0 radical (unpaired) electrons. The maximum atomic E-state index is 8.77. The summed E-state index contributed by atoms with van der Waals surface area (Å²) in [5.74, 6) is 1.02. The van der Waals surface area contributed by atoms with Gasteiger partial charge in [-0.1, -0.05) is 187 Å². The molecule has 0 rings (SSSR count). The number of hydrogen-bond acceptors (Lipinski definition) is 1. The van der Waals surface area contributed by atoms with Gasteiger partial charge >= 0.3 is 0 Å². The van der Waals surface area contributed by atoms with Gasteiger partial charge in [0.1, 0.15) is 0 Å². The van der Waals surface area contributed by atoms with Crippen molar-refractivity contribution < 1.29 is 5.11 Å². The molecule has 0 aliphatic rings. The highest BCUT2D eigenvalue weighted by Gasteiger charge is 2.09. The molecule has 1 heteroatoms. The molecule has 1 nitrogen and oxygen atoms in total. The Morgan fingerprint density at radius 1 is 0.400 bits per heavy atom. The highest BCUT2D eigenvalue weighted by atomic mass is 16.2. The van der Waals surface area contributed by atoms with Crippen molar-refractivity contribution in [2.24, 2.45) is 5.92 Å². The van der Waals surface area contributed by atoms with E-state index in [1.165, 1.54) is 173 Å². The molecule has 0 aliphatic heterocycles. The summed E-state index contributed by atoms with van der Waals surface area (Å²) in [5.41, 5.74) is 0. The van der Waals surface area contributed by atoms with Gasteiger partial charge in [0.15, 0.2) is 0 Å². The van der Waals surface area contributed by atoms with E-state index in [2.05, 4.69) is 26.0 Å².